The maximum absolute atomic E-state index is 11.4. The van der Waals surface area contributed by atoms with Gasteiger partial charge in [-0.15, -0.1) is 0 Å². The molecule has 0 aliphatic heterocycles. The normalized spacial score (nSPS) is 10.3. The average molecular weight is 210 g/mol. The maximum Gasteiger partial charge on any atom is 0.226 e. The second kappa shape index (κ2) is 6.19. The van der Waals surface area contributed by atoms with E-state index in [-0.39, 0.29) is 5.91 Å². The zero-order valence-electron chi connectivity index (χ0n) is 9.26. The SMILES string of the molecule is CCNCCNC(=O)Cc1cc(C)[nH]n1. The molecule has 1 amide bonds. The lowest BCUT2D eigenvalue weighted by Crippen LogP contribution is -2.32. The molecule has 1 rings (SSSR count). The summed E-state index contributed by atoms with van der Waals surface area (Å²) < 4.78 is 0. The van der Waals surface area contributed by atoms with Gasteiger partial charge in [-0.1, -0.05) is 6.92 Å². The first-order valence-electron chi connectivity index (χ1n) is 5.20. The molecule has 5 heteroatoms. The number of hydrogen-bond donors (Lipinski definition) is 3. The summed E-state index contributed by atoms with van der Waals surface area (Å²) in [6, 6.07) is 1.88. The predicted molar refractivity (Wildman–Crippen MR) is 58.6 cm³/mol. The number of aromatic amines is 1. The maximum atomic E-state index is 11.4. The van der Waals surface area contributed by atoms with Gasteiger partial charge in [0.05, 0.1) is 12.1 Å². The standard InChI is InChI=1S/C10H18N4O/c1-3-11-4-5-12-10(15)7-9-6-8(2)13-14-9/h6,11H,3-5,7H2,1-2H3,(H,12,15)(H,13,14). The Bertz CT molecular complexity index is 308. The quantitative estimate of drug-likeness (QED) is 0.578. The van der Waals surface area contributed by atoms with Gasteiger partial charge in [-0.25, -0.2) is 0 Å². The van der Waals surface area contributed by atoms with Crippen LogP contribution in [0, 0.1) is 6.92 Å². The summed E-state index contributed by atoms with van der Waals surface area (Å²) in [6.45, 7) is 6.35. The van der Waals surface area contributed by atoms with E-state index in [1.165, 1.54) is 0 Å². The van der Waals surface area contributed by atoms with Crippen LogP contribution in [-0.2, 0) is 11.2 Å². The molecule has 1 aromatic rings. The molecule has 0 aliphatic carbocycles. The van der Waals surface area contributed by atoms with Crippen LogP contribution in [-0.4, -0.2) is 35.7 Å². The molecular formula is C10H18N4O. The molecule has 3 N–H and O–H groups in total. The van der Waals surface area contributed by atoms with Crippen LogP contribution in [0.1, 0.15) is 18.3 Å². The molecule has 0 unspecified atom stereocenters. The number of hydrogen-bond acceptors (Lipinski definition) is 3. The fourth-order valence-electron chi connectivity index (χ4n) is 1.26. The van der Waals surface area contributed by atoms with Crippen LogP contribution in [0.5, 0.6) is 0 Å². The first-order valence-corrected chi connectivity index (χ1v) is 5.20. The van der Waals surface area contributed by atoms with Gasteiger partial charge in [0.2, 0.25) is 5.91 Å². The van der Waals surface area contributed by atoms with E-state index in [1.807, 2.05) is 19.9 Å². The van der Waals surface area contributed by atoms with Crippen molar-refractivity contribution in [2.45, 2.75) is 20.3 Å². The minimum absolute atomic E-state index is 0.0133. The van der Waals surface area contributed by atoms with E-state index in [9.17, 15) is 4.79 Å². The van der Waals surface area contributed by atoms with Crippen molar-refractivity contribution in [1.82, 2.24) is 20.8 Å². The van der Waals surface area contributed by atoms with Crippen molar-refractivity contribution in [1.29, 1.82) is 0 Å². The van der Waals surface area contributed by atoms with E-state index in [2.05, 4.69) is 20.8 Å². The Kier molecular flexibility index (Phi) is 4.83. The molecule has 5 nitrogen and oxygen atoms in total. The van der Waals surface area contributed by atoms with Gasteiger partial charge in [-0.3, -0.25) is 9.89 Å². The van der Waals surface area contributed by atoms with E-state index in [0.29, 0.717) is 13.0 Å². The third-order valence-corrected chi connectivity index (χ3v) is 1.97. The van der Waals surface area contributed by atoms with Crippen LogP contribution in [0.25, 0.3) is 0 Å². The van der Waals surface area contributed by atoms with Crippen LogP contribution in [0.2, 0.25) is 0 Å². The molecule has 15 heavy (non-hydrogen) atoms. The van der Waals surface area contributed by atoms with Crippen LogP contribution in [0.4, 0.5) is 0 Å². The molecule has 1 heterocycles. The van der Waals surface area contributed by atoms with E-state index in [0.717, 1.165) is 24.5 Å². The Morgan fingerprint density at radius 3 is 2.93 bits per heavy atom. The highest BCUT2D eigenvalue weighted by Gasteiger charge is 2.04. The summed E-state index contributed by atoms with van der Waals surface area (Å²) in [7, 11) is 0. The molecule has 0 saturated carbocycles. The summed E-state index contributed by atoms with van der Waals surface area (Å²) in [4.78, 5) is 11.4. The zero-order valence-corrected chi connectivity index (χ0v) is 9.26. The lowest BCUT2D eigenvalue weighted by molar-refractivity contribution is -0.120. The summed E-state index contributed by atoms with van der Waals surface area (Å²) in [5.41, 5.74) is 1.76. The summed E-state index contributed by atoms with van der Waals surface area (Å²) >= 11 is 0. The van der Waals surface area contributed by atoms with E-state index in [4.69, 9.17) is 0 Å². The molecule has 1 aromatic heterocycles. The van der Waals surface area contributed by atoms with Crippen LogP contribution in [0.15, 0.2) is 6.07 Å². The molecule has 0 bridgehead atoms. The largest absolute Gasteiger partial charge is 0.354 e. The molecule has 0 aromatic carbocycles. The highest BCUT2D eigenvalue weighted by molar-refractivity contribution is 5.78. The number of rotatable bonds is 6. The van der Waals surface area contributed by atoms with Crippen molar-refractivity contribution in [2.75, 3.05) is 19.6 Å². The molecule has 0 radical (unpaired) electrons. The van der Waals surface area contributed by atoms with Crippen LogP contribution < -0.4 is 10.6 Å². The molecule has 0 aliphatic rings. The fourth-order valence-corrected chi connectivity index (χ4v) is 1.26. The van der Waals surface area contributed by atoms with Crippen molar-refractivity contribution in [2.24, 2.45) is 0 Å². The van der Waals surface area contributed by atoms with Crippen molar-refractivity contribution in [3.8, 4) is 0 Å². The summed E-state index contributed by atoms with van der Waals surface area (Å²) in [5, 5.41) is 12.8. The Balaban J connectivity index is 2.18. The molecule has 0 fully saturated rings. The minimum Gasteiger partial charge on any atom is -0.354 e. The monoisotopic (exact) mass is 210 g/mol. The second-order valence-corrected chi connectivity index (χ2v) is 3.42. The lowest BCUT2D eigenvalue weighted by Gasteiger charge is -2.03. The number of nitrogens with one attached hydrogen (secondary N) is 3. The third-order valence-electron chi connectivity index (χ3n) is 1.97. The Morgan fingerprint density at radius 1 is 1.53 bits per heavy atom. The summed E-state index contributed by atoms with van der Waals surface area (Å²) in [6.07, 6.45) is 0.344. The van der Waals surface area contributed by atoms with Gasteiger partial charge in [0.25, 0.3) is 0 Å². The first kappa shape index (κ1) is 11.7. The van der Waals surface area contributed by atoms with Gasteiger partial charge in [-0.2, -0.15) is 5.10 Å². The van der Waals surface area contributed by atoms with Crippen molar-refractivity contribution < 1.29 is 4.79 Å². The number of carbonyl (C=O) groups is 1. The Hall–Kier alpha value is -1.36. The number of amides is 1. The first-order chi connectivity index (χ1) is 7.22. The third kappa shape index (κ3) is 4.60. The highest BCUT2D eigenvalue weighted by atomic mass is 16.1. The molecule has 0 spiro atoms. The average Bonchev–Trinajstić information content (AvgIpc) is 2.59. The topological polar surface area (TPSA) is 69.8 Å². The van der Waals surface area contributed by atoms with Gasteiger partial charge in [0, 0.05) is 18.8 Å². The minimum atomic E-state index is 0.0133. The molecular weight excluding hydrogens is 192 g/mol. The summed E-state index contributed by atoms with van der Waals surface area (Å²) in [5.74, 6) is 0.0133. The van der Waals surface area contributed by atoms with Gasteiger partial charge >= 0.3 is 0 Å². The number of aromatic nitrogens is 2. The van der Waals surface area contributed by atoms with Gasteiger partial charge in [-0.05, 0) is 19.5 Å². The smallest absolute Gasteiger partial charge is 0.226 e. The highest BCUT2D eigenvalue weighted by Crippen LogP contribution is 1.97. The number of likely N-dealkylation sites (N-methyl/N-ethyl adjacent to an activating group) is 1. The number of carbonyl (C=O) groups excluding carboxylic acids is 1. The fraction of sp³-hybridized carbons (Fsp3) is 0.600. The van der Waals surface area contributed by atoms with E-state index in [1.54, 1.807) is 0 Å². The van der Waals surface area contributed by atoms with Crippen molar-refractivity contribution >= 4 is 5.91 Å². The molecule has 0 atom stereocenters. The van der Waals surface area contributed by atoms with Gasteiger partial charge < -0.3 is 10.6 Å². The Morgan fingerprint density at radius 2 is 2.33 bits per heavy atom. The van der Waals surface area contributed by atoms with Gasteiger partial charge in [0.15, 0.2) is 0 Å². The lowest BCUT2D eigenvalue weighted by atomic mass is 10.3. The molecule has 84 valence electrons. The van der Waals surface area contributed by atoms with Crippen molar-refractivity contribution in [3.63, 3.8) is 0 Å². The van der Waals surface area contributed by atoms with Crippen LogP contribution >= 0.6 is 0 Å². The number of aryl methyl sites for hydroxylation is 1. The number of nitrogens with zero attached hydrogens (tertiary/aromatic N) is 1. The van der Waals surface area contributed by atoms with E-state index >= 15 is 0 Å². The van der Waals surface area contributed by atoms with Gasteiger partial charge in [0.1, 0.15) is 0 Å². The number of H-pyrrole nitrogens is 1. The van der Waals surface area contributed by atoms with Crippen LogP contribution in [0.3, 0.4) is 0 Å². The second-order valence-electron chi connectivity index (χ2n) is 3.42. The van der Waals surface area contributed by atoms with E-state index < -0.39 is 0 Å². The molecule has 0 saturated heterocycles. The van der Waals surface area contributed by atoms with Crippen molar-refractivity contribution in [3.05, 3.63) is 17.5 Å². The zero-order chi connectivity index (χ0) is 11.1. The Labute approximate surface area is 89.6 Å². The predicted octanol–water partition coefficient (Wildman–Crippen LogP) is -0.0137.